The number of nitrogen functional groups attached to an aromatic ring is 1. The lowest BCUT2D eigenvalue weighted by molar-refractivity contribution is -0.0298. The number of nitrogens with two attached hydrogens (primary N) is 1. The summed E-state index contributed by atoms with van der Waals surface area (Å²) in [5, 5.41) is 2.57. The lowest BCUT2D eigenvalue weighted by Gasteiger charge is -2.21. The Kier molecular flexibility index (Phi) is 11.1. The van der Waals surface area contributed by atoms with Gasteiger partial charge in [0.25, 0.3) is 5.56 Å². The molecule has 0 aromatic carbocycles. The van der Waals surface area contributed by atoms with Crippen molar-refractivity contribution in [3.8, 4) is 0 Å². The number of nitrogens with one attached hydrogen (secondary N) is 2. The minimum Gasteiger partial charge on any atom is -0.447 e. The quantitative estimate of drug-likeness (QED) is 0.416. The molecule has 2 aromatic rings. The first kappa shape index (κ1) is 31.4. The normalized spacial score (nSPS) is 16.8. The molecule has 39 heavy (non-hydrogen) atoms. The van der Waals surface area contributed by atoms with Crippen LogP contribution in [0.4, 0.5) is 15.5 Å². The van der Waals surface area contributed by atoms with Crippen LogP contribution in [-0.4, -0.2) is 74.6 Å². The zero-order valence-electron chi connectivity index (χ0n) is 23.6. The number of nitrogens with zero attached hydrogens (tertiary/aromatic N) is 4. The van der Waals surface area contributed by atoms with Gasteiger partial charge in [-0.05, 0) is 33.6 Å². The number of hydrogen-bond acceptors (Lipinski definition) is 9. The highest BCUT2D eigenvalue weighted by Crippen LogP contribution is 2.29. The summed E-state index contributed by atoms with van der Waals surface area (Å²) in [7, 11) is 1.54. The van der Waals surface area contributed by atoms with Gasteiger partial charge in [-0.15, -0.1) is 6.58 Å². The van der Waals surface area contributed by atoms with E-state index in [4.69, 9.17) is 19.9 Å². The minimum absolute atomic E-state index is 0.0324. The Bertz CT molecular complexity index is 1260. The lowest BCUT2D eigenvalue weighted by atomic mass is 10.2. The zero-order chi connectivity index (χ0) is 29.3. The van der Waals surface area contributed by atoms with E-state index in [0.29, 0.717) is 12.8 Å². The van der Waals surface area contributed by atoms with Crippen molar-refractivity contribution in [2.24, 2.45) is 0 Å². The number of ether oxygens (including phenoxy) is 3. The summed E-state index contributed by atoms with van der Waals surface area (Å²) in [5.41, 5.74) is 4.26. The number of aromatic amines is 1. The Morgan fingerprint density at radius 1 is 1.31 bits per heavy atom. The van der Waals surface area contributed by atoms with Gasteiger partial charge in [0.15, 0.2) is 11.2 Å². The SMILES string of the molecule is C=CCn1c(=O)n(C2CCC(COC(=O)N(C)CCNC(=O)OC(C)(C)C)O2)c2nc(N)[nH]c(=O)c21.CCC. The number of alkyl carbamates (subject to hydrolysis) is 1. The van der Waals surface area contributed by atoms with E-state index in [0.717, 1.165) is 0 Å². The first-order valence-corrected chi connectivity index (χ1v) is 12.9. The van der Waals surface area contributed by atoms with Crippen LogP contribution in [0.25, 0.3) is 11.2 Å². The third-order valence-corrected chi connectivity index (χ3v) is 5.33. The fraction of sp³-hybridized carbons (Fsp3) is 0.640. The molecule has 2 aromatic heterocycles. The average Bonchev–Trinajstić information content (AvgIpc) is 3.39. The molecule has 3 rings (SSSR count). The van der Waals surface area contributed by atoms with Gasteiger partial charge in [-0.1, -0.05) is 26.3 Å². The fourth-order valence-corrected chi connectivity index (χ4v) is 3.76. The van der Waals surface area contributed by atoms with Gasteiger partial charge in [0.05, 0.1) is 6.10 Å². The Hall–Kier alpha value is -3.81. The molecule has 0 saturated carbocycles. The molecular weight excluding hydrogens is 510 g/mol. The van der Waals surface area contributed by atoms with E-state index in [2.05, 4.69) is 35.7 Å². The van der Waals surface area contributed by atoms with Crippen LogP contribution >= 0.6 is 0 Å². The molecule has 0 aliphatic carbocycles. The lowest BCUT2D eigenvalue weighted by Crippen LogP contribution is -2.39. The van der Waals surface area contributed by atoms with E-state index in [1.54, 1.807) is 27.8 Å². The van der Waals surface area contributed by atoms with Crippen LogP contribution in [0.5, 0.6) is 0 Å². The van der Waals surface area contributed by atoms with Gasteiger partial charge in [0.2, 0.25) is 5.95 Å². The van der Waals surface area contributed by atoms with E-state index < -0.39 is 41.4 Å². The van der Waals surface area contributed by atoms with Crippen LogP contribution in [0, 0.1) is 0 Å². The summed E-state index contributed by atoms with van der Waals surface area (Å²) in [6.45, 7) is 13.6. The third kappa shape index (κ3) is 8.60. The Balaban J connectivity index is 0.00000170. The van der Waals surface area contributed by atoms with Crippen LogP contribution in [0.2, 0.25) is 0 Å². The number of allylic oxidation sites excluding steroid dienone is 1. The maximum Gasteiger partial charge on any atom is 0.409 e. The molecule has 0 bridgehead atoms. The van der Waals surface area contributed by atoms with Gasteiger partial charge in [0, 0.05) is 26.7 Å². The Morgan fingerprint density at radius 2 is 1.97 bits per heavy atom. The van der Waals surface area contributed by atoms with Gasteiger partial charge < -0.3 is 30.2 Å². The van der Waals surface area contributed by atoms with Gasteiger partial charge in [-0.25, -0.2) is 19.0 Å². The van der Waals surface area contributed by atoms with Gasteiger partial charge >= 0.3 is 17.9 Å². The van der Waals surface area contributed by atoms with Crippen LogP contribution in [0.1, 0.15) is 60.1 Å². The summed E-state index contributed by atoms with van der Waals surface area (Å²) < 4.78 is 19.0. The molecular formula is C25H41N7O7. The van der Waals surface area contributed by atoms with E-state index in [1.165, 1.54) is 26.5 Å². The summed E-state index contributed by atoms with van der Waals surface area (Å²) in [5.74, 6) is -0.121. The van der Waals surface area contributed by atoms with Gasteiger partial charge in [-0.2, -0.15) is 4.98 Å². The molecule has 1 aliphatic heterocycles. The highest BCUT2D eigenvalue weighted by molar-refractivity contribution is 5.72. The molecule has 4 N–H and O–H groups in total. The molecule has 14 nitrogen and oxygen atoms in total. The number of hydrogen-bond donors (Lipinski definition) is 3. The standard InChI is InChI=1S/C22H33N7O7.C3H8/c1-6-10-28-15-16(25-18(23)26-17(15)30)29(20(28)32)14-8-7-13(35-14)12-34-21(33)27(5)11-9-24-19(31)36-22(2,3)4;1-3-2/h6,13-14H,1,7-12H2,2-5H3,(H,24,31)(H3,23,25,26,30);3H2,1-2H3. The van der Waals surface area contributed by atoms with Crippen molar-refractivity contribution in [3.05, 3.63) is 33.5 Å². The predicted octanol–water partition coefficient (Wildman–Crippen LogP) is 2.34. The number of rotatable bonds is 8. The van der Waals surface area contributed by atoms with Gasteiger partial charge in [-0.3, -0.25) is 14.3 Å². The highest BCUT2D eigenvalue weighted by Gasteiger charge is 2.32. The van der Waals surface area contributed by atoms with E-state index in [-0.39, 0.29) is 43.4 Å². The molecule has 1 aliphatic rings. The average molecular weight is 552 g/mol. The molecule has 2 atom stereocenters. The van der Waals surface area contributed by atoms with Crippen LogP contribution in [-0.2, 0) is 20.8 Å². The predicted molar refractivity (Wildman–Crippen MR) is 147 cm³/mol. The number of anilines is 1. The second kappa shape index (κ2) is 13.8. The molecule has 3 heterocycles. The van der Waals surface area contributed by atoms with Gasteiger partial charge in [0.1, 0.15) is 18.4 Å². The molecule has 0 spiro atoms. The van der Waals surface area contributed by atoms with Crippen molar-refractivity contribution in [2.75, 3.05) is 32.5 Å². The number of amides is 2. The maximum absolute atomic E-state index is 13.0. The van der Waals surface area contributed by atoms with Crippen LogP contribution in [0.15, 0.2) is 22.2 Å². The summed E-state index contributed by atoms with van der Waals surface area (Å²) in [4.78, 5) is 57.3. The number of imidazole rings is 1. The number of aromatic nitrogens is 4. The monoisotopic (exact) mass is 551 g/mol. The smallest absolute Gasteiger partial charge is 0.409 e. The van der Waals surface area contributed by atoms with E-state index in [1.807, 2.05) is 0 Å². The summed E-state index contributed by atoms with van der Waals surface area (Å²) >= 11 is 0. The first-order valence-electron chi connectivity index (χ1n) is 12.9. The second-order valence-electron chi connectivity index (χ2n) is 10.1. The number of fused-ring (bicyclic) bond motifs is 1. The Morgan fingerprint density at radius 3 is 2.59 bits per heavy atom. The molecule has 2 amide bonds. The zero-order valence-corrected chi connectivity index (χ0v) is 23.6. The molecule has 1 fully saturated rings. The maximum atomic E-state index is 13.0. The fourth-order valence-electron chi connectivity index (χ4n) is 3.76. The number of carbonyl (C=O) groups excluding carboxylic acids is 2. The largest absolute Gasteiger partial charge is 0.447 e. The number of H-pyrrole nitrogens is 1. The van der Waals surface area contributed by atoms with Crippen molar-refractivity contribution in [3.63, 3.8) is 0 Å². The van der Waals surface area contributed by atoms with Crippen molar-refractivity contribution < 1.29 is 23.8 Å². The van der Waals surface area contributed by atoms with Crippen molar-refractivity contribution in [1.29, 1.82) is 0 Å². The van der Waals surface area contributed by atoms with Crippen molar-refractivity contribution in [1.82, 2.24) is 29.3 Å². The van der Waals surface area contributed by atoms with E-state index in [9.17, 15) is 19.2 Å². The molecule has 1 saturated heterocycles. The van der Waals surface area contributed by atoms with Crippen molar-refractivity contribution >= 4 is 29.3 Å². The highest BCUT2D eigenvalue weighted by atomic mass is 16.6. The third-order valence-electron chi connectivity index (χ3n) is 5.33. The minimum atomic E-state index is -0.709. The number of carbonyl (C=O) groups is 2. The van der Waals surface area contributed by atoms with Crippen molar-refractivity contribution in [2.45, 2.75) is 78.4 Å². The molecule has 14 heteroatoms. The molecule has 0 radical (unpaired) electrons. The Labute approximate surface area is 227 Å². The van der Waals surface area contributed by atoms with Crippen LogP contribution in [0.3, 0.4) is 0 Å². The number of likely N-dealkylation sites (N-methyl/N-ethyl adjacent to an activating group) is 1. The van der Waals surface area contributed by atoms with Crippen LogP contribution < -0.4 is 22.3 Å². The summed E-state index contributed by atoms with van der Waals surface area (Å²) in [6, 6.07) is 0. The molecule has 218 valence electrons. The second-order valence-corrected chi connectivity index (χ2v) is 10.1. The topological polar surface area (TPSA) is 176 Å². The summed E-state index contributed by atoms with van der Waals surface area (Å²) in [6.07, 6.45) is 1.38. The molecule has 2 unspecified atom stereocenters. The van der Waals surface area contributed by atoms with E-state index >= 15 is 0 Å². The first-order chi connectivity index (χ1) is 18.3.